The number of benzene rings is 2. The van der Waals surface area contributed by atoms with Gasteiger partial charge in [-0.05, 0) is 48.7 Å². The van der Waals surface area contributed by atoms with E-state index >= 15 is 0 Å². The number of nitrogens with two attached hydrogens (primary N) is 2. The fourth-order valence-corrected chi connectivity index (χ4v) is 3.36. The maximum Gasteiger partial charge on any atom is 0.280 e. The van der Waals surface area contributed by atoms with E-state index in [9.17, 15) is 24.6 Å². The number of amides is 3. The zero-order valence-corrected chi connectivity index (χ0v) is 19.8. The number of hydrogen-bond donors (Lipinski definition) is 6. The van der Waals surface area contributed by atoms with Gasteiger partial charge in [-0.15, -0.1) is 0 Å². The highest BCUT2D eigenvalue weighted by atomic mass is 16.5. The van der Waals surface area contributed by atoms with Gasteiger partial charge in [0, 0.05) is 23.7 Å². The van der Waals surface area contributed by atoms with Gasteiger partial charge in [-0.2, -0.15) is 4.99 Å². The van der Waals surface area contributed by atoms with Crippen molar-refractivity contribution in [2.45, 2.75) is 26.7 Å². The van der Waals surface area contributed by atoms with Gasteiger partial charge in [0.05, 0.1) is 5.56 Å². The number of aliphatic imine (C=N–C) groups is 1. The normalized spacial score (nSPS) is 10.7. The van der Waals surface area contributed by atoms with Crippen LogP contribution in [0.2, 0.25) is 0 Å². The average molecular weight is 495 g/mol. The van der Waals surface area contributed by atoms with E-state index in [2.05, 4.69) is 20.8 Å². The van der Waals surface area contributed by atoms with Crippen molar-refractivity contribution in [2.24, 2.45) is 16.5 Å². The van der Waals surface area contributed by atoms with Gasteiger partial charge in [-0.3, -0.25) is 14.4 Å². The molecule has 188 valence electrons. The van der Waals surface area contributed by atoms with Crippen LogP contribution in [0.15, 0.2) is 45.9 Å². The van der Waals surface area contributed by atoms with Crippen LogP contribution in [0.3, 0.4) is 0 Å². The van der Waals surface area contributed by atoms with E-state index in [0.717, 1.165) is 6.07 Å². The van der Waals surface area contributed by atoms with Crippen molar-refractivity contribution in [2.75, 3.05) is 11.9 Å². The van der Waals surface area contributed by atoms with E-state index in [4.69, 9.17) is 16.0 Å². The number of nitrogens with zero attached hydrogens (tertiary/aromatic N) is 2. The van der Waals surface area contributed by atoms with Crippen molar-refractivity contribution in [3.8, 4) is 22.8 Å². The standard InChI is InChI=1S/C24H26N6O6/c1-4-27-23(35)19-18(20(36-30-19)15-9-14(11(2)3)16(31)10-17(15)32)28-21(33)12-5-7-13(8-6-12)22(34)29-24(25)26/h5-11,31-32H,4H2,1-3H3,(H,27,35)(H,28,33)(H4,25,26,29,34). The number of carbonyl (C=O) groups is 3. The van der Waals surface area contributed by atoms with E-state index < -0.39 is 23.7 Å². The molecule has 8 N–H and O–H groups in total. The second kappa shape index (κ2) is 10.6. The number of guanidine groups is 1. The highest BCUT2D eigenvalue weighted by Crippen LogP contribution is 2.41. The first kappa shape index (κ1) is 25.7. The molecule has 0 saturated heterocycles. The first-order valence-corrected chi connectivity index (χ1v) is 10.9. The molecule has 12 nitrogen and oxygen atoms in total. The summed E-state index contributed by atoms with van der Waals surface area (Å²) in [4.78, 5) is 41.0. The van der Waals surface area contributed by atoms with Crippen LogP contribution in [0.25, 0.3) is 11.3 Å². The second-order valence-corrected chi connectivity index (χ2v) is 8.05. The number of hydrogen-bond acceptors (Lipinski definition) is 7. The molecule has 0 aliphatic heterocycles. The Morgan fingerprint density at radius 1 is 1.03 bits per heavy atom. The minimum atomic E-state index is -0.675. The zero-order valence-electron chi connectivity index (χ0n) is 19.8. The average Bonchev–Trinajstić information content (AvgIpc) is 3.22. The van der Waals surface area contributed by atoms with Crippen LogP contribution in [0.1, 0.15) is 63.5 Å². The molecule has 3 rings (SSSR count). The van der Waals surface area contributed by atoms with Gasteiger partial charge >= 0.3 is 0 Å². The van der Waals surface area contributed by atoms with Crippen LogP contribution in [0.4, 0.5) is 5.69 Å². The highest BCUT2D eigenvalue weighted by molar-refractivity contribution is 6.11. The largest absolute Gasteiger partial charge is 0.508 e. The summed E-state index contributed by atoms with van der Waals surface area (Å²) in [5.74, 6) is -2.96. The van der Waals surface area contributed by atoms with Crippen LogP contribution in [0, 0.1) is 0 Å². The molecule has 0 bridgehead atoms. The van der Waals surface area contributed by atoms with Gasteiger partial charge in [-0.25, -0.2) is 0 Å². The second-order valence-electron chi connectivity index (χ2n) is 8.05. The summed E-state index contributed by atoms with van der Waals surface area (Å²) >= 11 is 0. The summed E-state index contributed by atoms with van der Waals surface area (Å²) in [6.07, 6.45) is 0. The molecule has 36 heavy (non-hydrogen) atoms. The van der Waals surface area contributed by atoms with Crippen LogP contribution in [0.5, 0.6) is 11.5 Å². The molecule has 0 unspecified atom stereocenters. The van der Waals surface area contributed by atoms with Crippen LogP contribution < -0.4 is 22.1 Å². The number of anilines is 1. The Morgan fingerprint density at radius 3 is 2.25 bits per heavy atom. The summed E-state index contributed by atoms with van der Waals surface area (Å²) in [6, 6.07) is 8.12. The zero-order chi connectivity index (χ0) is 26.6. The van der Waals surface area contributed by atoms with Crippen LogP contribution >= 0.6 is 0 Å². The van der Waals surface area contributed by atoms with Crippen molar-refractivity contribution in [1.82, 2.24) is 10.5 Å². The smallest absolute Gasteiger partial charge is 0.280 e. The molecule has 0 fully saturated rings. The Hall–Kier alpha value is -4.87. The Balaban J connectivity index is 2.03. The molecule has 1 aromatic heterocycles. The van der Waals surface area contributed by atoms with Crippen molar-refractivity contribution >= 4 is 29.4 Å². The fraction of sp³-hybridized carbons (Fsp3) is 0.208. The lowest BCUT2D eigenvalue weighted by Gasteiger charge is -2.13. The minimum absolute atomic E-state index is 0.0800. The first-order chi connectivity index (χ1) is 17.0. The third-order valence-corrected chi connectivity index (χ3v) is 5.12. The topological polar surface area (TPSA) is 206 Å². The summed E-state index contributed by atoms with van der Waals surface area (Å²) in [7, 11) is 0. The molecule has 0 spiro atoms. The van der Waals surface area contributed by atoms with Crippen molar-refractivity contribution in [3.05, 3.63) is 58.8 Å². The van der Waals surface area contributed by atoms with E-state index in [1.165, 1.54) is 30.3 Å². The SMILES string of the molecule is CCNC(=O)c1noc(-c2cc(C(C)C)c(O)cc2O)c1NC(=O)c1ccc(C(=O)N=C(N)N)cc1. The first-order valence-electron chi connectivity index (χ1n) is 10.9. The number of rotatable bonds is 7. The molecule has 3 aromatic rings. The summed E-state index contributed by atoms with van der Waals surface area (Å²) in [5, 5.41) is 29.7. The Labute approximate surface area is 206 Å². The molecule has 0 atom stereocenters. The van der Waals surface area contributed by atoms with Gasteiger partial charge in [0.25, 0.3) is 17.7 Å². The fourth-order valence-electron chi connectivity index (χ4n) is 3.36. The van der Waals surface area contributed by atoms with Gasteiger partial charge < -0.3 is 36.8 Å². The summed E-state index contributed by atoms with van der Waals surface area (Å²) in [5.41, 5.74) is 11.1. The lowest BCUT2D eigenvalue weighted by Crippen LogP contribution is -2.25. The van der Waals surface area contributed by atoms with Crippen molar-refractivity contribution in [1.29, 1.82) is 0 Å². The molecule has 12 heteroatoms. The highest BCUT2D eigenvalue weighted by Gasteiger charge is 2.27. The molecular formula is C24H26N6O6. The van der Waals surface area contributed by atoms with E-state index in [0.29, 0.717) is 12.1 Å². The lowest BCUT2D eigenvalue weighted by molar-refractivity contribution is 0.0946. The number of nitrogens with one attached hydrogen (secondary N) is 2. The summed E-state index contributed by atoms with van der Waals surface area (Å²) < 4.78 is 5.38. The minimum Gasteiger partial charge on any atom is -0.508 e. The third kappa shape index (κ3) is 5.43. The quantitative estimate of drug-likeness (QED) is 0.210. The predicted octanol–water partition coefficient (Wildman–Crippen LogP) is 2.29. The summed E-state index contributed by atoms with van der Waals surface area (Å²) in [6.45, 7) is 5.70. The molecule has 2 aromatic carbocycles. The van der Waals surface area contributed by atoms with Crippen LogP contribution in [-0.4, -0.2) is 45.6 Å². The third-order valence-electron chi connectivity index (χ3n) is 5.12. The molecule has 0 aliphatic carbocycles. The molecule has 0 radical (unpaired) electrons. The number of phenols is 2. The van der Waals surface area contributed by atoms with Crippen molar-refractivity contribution in [3.63, 3.8) is 0 Å². The van der Waals surface area contributed by atoms with E-state index in [1.807, 2.05) is 13.8 Å². The van der Waals surface area contributed by atoms with E-state index in [-0.39, 0.29) is 51.2 Å². The number of carbonyl (C=O) groups excluding carboxylic acids is 3. The van der Waals surface area contributed by atoms with Gasteiger partial charge in [-0.1, -0.05) is 19.0 Å². The maximum absolute atomic E-state index is 13.0. The Morgan fingerprint density at radius 2 is 1.67 bits per heavy atom. The molecule has 1 heterocycles. The number of aromatic nitrogens is 1. The van der Waals surface area contributed by atoms with Crippen LogP contribution in [-0.2, 0) is 0 Å². The lowest BCUT2D eigenvalue weighted by atomic mass is 9.97. The molecular weight excluding hydrogens is 468 g/mol. The van der Waals surface area contributed by atoms with E-state index in [1.54, 1.807) is 6.92 Å². The molecule has 0 saturated carbocycles. The maximum atomic E-state index is 13.0. The molecule has 0 aliphatic rings. The van der Waals surface area contributed by atoms with Gasteiger partial charge in [0.2, 0.25) is 0 Å². The monoisotopic (exact) mass is 494 g/mol. The molecule has 3 amide bonds. The Kier molecular flexibility index (Phi) is 7.58. The Bertz CT molecular complexity index is 1340. The number of phenolic OH excluding ortho intramolecular Hbond substituents is 2. The van der Waals surface area contributed by atoms with Crippen molar-refractivity contribution < 1.29 is 29.1 Å². The van der Waals surface area contributed by atoms with Gasteiger partial charge in [0.1, 0.15) is 17.2 Å². The predicted molar refractivity (Wildman–Crippen MR) is 132 cm³/mol. The number of aromatic hydroxyl groups is 2. The van der Waals surface area contributed by atoms with Gasteiger partial charge in [0.15, 0.2) is 17.4 Å².